The van der Waals surface area contributed by atoms with E-state index < -0.39 is 0 Å². The molecule has 0 spiro atoms. The first-order valence-electron chi connectivity index (χ1n) is 5.94. The maximum atomic E-state index is 3.07. The molecular weight excluding hydrogens is 182 g/mol. The minimum absolute atomic E-state index is 1.14. The highest BCUT2D eigenvalue weighted by Gasteiger charge is 1.84. The second kappa shape index (κ2) is 9.72. The molecule has 0 aliphatic carbocycles. The zero-order valence-corrected chi connectivity index (χ0v) is 10.6. The van der Waals surface area contributed by atoms with Crippen LogP contribution in [-0.2, 0) is 6.42 Å². The zero-order valence-electron chi connectivity index (χ0n) is 10.6. The molecule has 1 N–H and O–H groups in total. The highest BCUT2D eigenvalue weighted by Crippen LogP contribution is 2.02. The lowest BCUT2D eigenvalue weighted by molar-refractivity contribution is 0.711. The maximum Gasteiger partial charge on any atom is -0.00520 e. The van der Waals surface area contributed by atoms with Crippen molar-refractivity contribution in [2.45, 2.75) is 40.0 Å². The van der Waals surface area contributed by atoms with Crippen LogP contribution in [0.2, 0.25) is 0 Å². The molecule has 1 aromatic carbocycles. The zero-order chi connectivity index (χ0) is 11.5. The van der Waals surface area contributed by atoms with Gasteiger partial charge in [-0.25, -0.2) is 0 Å². The number of rotatable bonds is 4. The highest BCUT2D eigenvalue weighted by atomic mass is 14.8. The lowest BCUT2D eigenvalue weighted by Crippen LogP contribution is -2.06. The van der Waals surface area contributed by atoms with E-state index in [1.165, 1.54) is 24.0 Å². The standard InChI is InChI=1S/C9H12.C5H13N/c1-3-9-6-4-8(2)5-7-9;1-3-4-5-6-2/h4-7H,3H2,1-2H3;6H,3-5H2,1-2H3. The quantitative estimate of drug-likeness (QED) is 0.744. The fourth-order valence-electron chi connectivity index (χ4n) is 1.18. The van der Waals surface area contributed by atoms with E-state index in [1.807, 2.05) is 7.05 Å². The van der Waals surface area contributed by atoms with Crippen LogP contribution in [0.15, 0.2) is 24.3 Å². The van der Waals surface area contributed by atoms with Crippen LogP contribution in [0.5, 0.6) is 0 Å². The fraction of sp³-hybridized carbons (Fsp3) is 0.571. The molecule has 0 amide bonds. The van der Waals surface area contributed by atoms with Gasteiger partial charge in [0.15, 0.2) is 0 Å². The van der Waals surface area contributed by atoms with Gasteiger partial charge in [-0.1, -0.05) is 50.1 Å². The summed E-state index contributed by atoms with van der Waals surface area (Å²) in [5.41, 5.74) is 2.76. The fourth-order valence-corrected chi connectivity index (χ4v) is 1.18. The van der Waals surface area contributed by atoms with Crippen molar-refractivity contribution in [3.05, 3.63) is 35.4 Å². The summed E-state index contributed by atoms with van der Waals surface area (Å²) in [5.74, 6) is 0. The Bertz CT molecular complexity index is 222. The molecule has 0 aromatic heterocycles. The van der Waals surface area contributed by atoms with Crippen LogP contribution in [0.3, 0.4) is 0 Å². The van der Waals surface area contributed by atoms with E-state index in [0.717, 1.165) is 13.0 Å². The second-order valence-electron chi connectivity index (χ2n) is 3.80. The van der Waals surface area contributed by atoms with E-state index in [4.69, 9.17) is 0 Å². The molecule has 15 heavy (non-hydrogen) atoms. The molecular formula is C14H25N. The number of benzene rings is 1. The van der Waals surface area contributed by atoms with E-state index in [2.05, 4.69) is 50.4 Å². The topological polar surface area (TPSA) is 12.0 Å². The smallest absolute Gasteiger partial charge is 0.00520 e. The molecule has 0 saturated carbocycles. The lowest BCUT2D eigenvalue weighted by Gasteiger charge is -1.94. The van der Waals surface area contributed by atoms with Gasteiger partial charge in [-0.2, -0.15) is 0 Å². The molecule has 86 valence electrons. The Morgan fingerprint density at radius 1 is 1.07 bits per heavy atom. The van der Waals surface area contributed by atoms with Crippen molar-refractivity contribution in [3.63, 3.8) is 0 Å². The molecule has 0 aliphatic heterocycles. The van der Waals surface area contributed by atoms with Gasteiger partial charge in [0.2, 0.25) is 0 Å². The van der Waals surface area contributed by atoms with Crippen LogP contribution < -0.4 is 5.32 Å². The Kier molecular flexibility index (Phi) is 9.19. The third-order valence-electron chi connectivity index (χ3n) is 2.31. The van der Waals surface area contributed by atoms with Gasteiger partial charge >= 0.3 is 0 Å². The first-order chi connectivity index (χ1) is 7.24. The molecule has 1 rings (SSSR count). The highest BCUT2D eigenvalue weighted by molar-refractivity contribution is 5.20. The number of hydrogen-bond donors (Lipinski definition) is 1. The Labute approximate surface area is 94.9 Å². The average Bonchev–Trinajstić information content (AvgIpc) is 2.28. The van der Waals surface area contributed by atoms with E-state index in [9.17, 15) is 0 Å². The minimum Gasteiger partial charge on any atom is -0.320 e. The predicted molar refractivity (Wildman–Crippen MR) is 69.4 cm³/mol. The van der Waals surface area contributed by atoms with E-state index >= 15 is 0 Å². The summed E-state index contributed by atoms with van der Waals surface area (Å²) in [6.07, 6.45) is 3.73. The first-order valence-corrected chi connectivity index (χ1v) is 5.94. The van der Waals surface area contributed by atoms with Gasteiger partial charge in [-0.05, 0) is 38.9 Å². The first kappa shape index (κ1) is 14.2. The second-order valence-corrected chi connectivity index (χ2v) is 3.80. The number of hydrogen-bond acceptors (Lipinski definition) is 1. The summed E-state index contributed by atoms with van der Waals surface area (Å²) in [6, 6.07) is 8.66. The summed E-state index contributed by atoms with van der Waals surface area (Å²) < 4.78 is 0. The molecule has 1 heteroatoms. The summed E-state index contributed by atoms with van der Waals surface area (Å²) in [7, 11) is 1.98. The monoisotopic (exact) mass is 207 g/mol. The molecule has 0 saturated heterocycles. The van der Waals surface area contributed by atoms with Gasteiger partial charge in [-0.15, -0.1) is 0 Å². The van der Waals surface area contributed by atoms with Crippen LogP contribution in [0.4, 0.5) is 0 Å². The molecule has 0 heterocycles. The van der Waals surface area contributed by atoms with Crippen LogP contribution in [0.25, 0.3) is 0 Å². The van der Waals surface area contributed by atoms with Crippen molar-refractivity contribution in [3.8, 4) is 0 Å². The minimum atomic E-state index is 1.14. The summed E-state index contributed by atoms with van der Waals surface area (Å²) in [5, 5.41) is 3.07. The van der Waals surface area contributed by atoms with E-state index in [-0.39, 0.29) is 0 Å². The Hall–Kier alpha value is -0.820. The van der Waals surface area contributed by atoms with Crippen LogP contribution in [-0.4, -0.2) is 13.6 Å². The Morgan fingerprint density at radius 2 is 1.67 bits per heavy atom. The van der Waals surface area contributed by atoms with Gasteiger partial charge in [0.25, 0.3) is 0 Å². The van der Waals surface area contributed by atoms with Crippen molar-refractivity contribution in [2.75, 3.05) is 13.6 Å². The lowest BCUT2D eigenvalue weighted by atomic mass is 10.1. The number of aryl methyl sites for hydroxylation is 2. The van der Waals surface area contributed by atoms with Crippen molar-refractivity contribution >= 4 is 0 Å². The normalized spacial score (nSPS) is 9.33. The molecule has 1 nitrogen and oxygen atoms in total. The molecule has 1 aromatic rings. The van der Waals surface area contributed by atoms with E-state index in [0.29, 0.717) is 0 Å². The van der Waals surface area contributed by atoms with Crippen LogP contribution in [0, 0.1) is 6.92 Å². The third-order valence-corrected chi connectivity index (χ3v) is 2.31. The molecule has 0 unspecified atom stereocenters. The average molecular weight is 207 g/mol. The predicted octanol–water partition coefficient (Wildman–Crippen LogP) is 3.56. The van der Waals surface area contributed by atoms with Gasteiger partial charge in [0.1, 0.15) is 0 Å². The van der Waals surface area contributed by atoms with Gasteiger partial charge in [-0.3, -0.25) is 0 Å². The van der Waals surface area contributed by atoms with Crippen LogP contribution >= 0.6 is 0 Å². The van der Waals surface area contributed by atoms with Crippen molar-refractivity contribution < 1.29 is 0 Å². The van der Waals surface area contributed by atoms with Crippen molar-refractivity contribution in [1.29, 1.82) is 0 Å². The summed E-state index contributed by atoms with van der Waals surface area (Å²) in [6.45, 7) is 7.64. The van der Waals surface area contributed by atoms with Crippen molar-refractivity contribution in [2.24, 2.45) is 0 Å². The third kappa shape index (κ3) is 8.19. The molecule has 0 fully saturated rings. The molecule has 0 radical (unpaired) electrons. The maximum absolute atomic E-state index is 3.07. The number of nitrogens with one attached hydrogen (secondary N) is 1. The molecule has 0 bridgehead atoms. The van der Waals surface area contributed by atoms with Gasteiger partial charge < -0.3 is 5.32 Å². The largest absolute Gasteiger partial charge is 0.320 e. The Morgan fingerprint density at radius 3 is 2.00 bits per heavy atom. The summed E-state index contributed by atoms with van der Waals surface area (Å²) >= 11 is 0. The Balaban J connectivity index is 0.000000288. The summed E-state index contributed by atoms with van der Waals surface area (Å²) in [4.78, 5) is 0. The van der Waals surface area contributed by atoms with Crippen LogP contribution in [0.1, 0.15) is 37.8 Å². The van der Waals surface area contributed by atoms with E-state index in [1.54, 1.807) is 0 Å². The SMILES string of the molecule is CCCCNC.CCc1ccc(C)cc1. The van der Waals surface area contributed by atoms with Crippen molar-refractivity contribution in [1.82, 2.24) is 5.32 Å². The number of unbranched alkanes of at least 4 members (excludes halogenated alkanes) is 1. The molecule has 0 aliphatic rings. The molecule has 0 atom stereocenters. The van der Waals surface area contributed by atoms with Gasteiger partial charge in [0, 0.05) is 0 Å². The van der Waals surface area contributed by atoms with Gasteiger partial charge in [0.05, 0.1) is 0 Å².